The van der Waals surface area contributed by atoms with Crippen LogP contribution < -0.4 is 10.0 Å². The lowest BCUT2D eigenvalue weighted by Crippen LogP contribution is -2.28. The number of sulfonamides is 1. The van der Waals surface area contributed by atoms with Crippen LogP contribution in [0.2, 0.25) is 0 Å². The Labute approximate surface area is 123 Å². The number of hydrogen-bond acceptors (Lipinski definition) is 6. The van der Waals surface area contributed by atoms with E-state index in [4.69, 9.17) is 4.74 Å². The van der Waals surface area contributed by atoms with Gasteiger partial charge < -0.3 is 10.1 Å². The van der Waals surface area contributed by atoms with Gasteiger partial charge in [0.25, 0.3) is 5.69 Å². The van der Waals surface area contributed by atoms with E-state index < -0.39 is 14.9 Å². The van der Waals surface area contributed by atoms with Crippen molar-refractivity contribution in [1.29, 1.82) is 0 Å². The molecule has 0 aliphatic carbocycles. The third-order valence-electron chi connectivity index (χ3n) is 2.63. The van der Waals surface area contributed by atoms with Crippen molar-refractivity contribution >= 4 is 21.4 Å². The summed E-state index contributed by atoms with van der Waals surface area (Å²) in [7, 11) is -2.28. The lowest BCUT2D eigenvalue weighted by Gasteiger charge is -2.12. The molecule has 1 aromatic rings. The molecule has 0 atom stereocenters. The Bertz CT molecular complexity index is 589. The number of non-ortho nitro benzene ring substituents is 1. The van der Waals surface area contributed by atoms with Gasteiger partial charge in [-0.1, -0.05) is 6.92 Å². The molecule has 0 aromatic heterocycles. The normalized spacial score (nSPS) is 11.3. The zero-order chi connectivity index (χ0) is 15.9. The molecule has 0 aliphatic rings. The minimum Gasteiger partial charge on any atom is -0.384 e. The maximum Gasteiger partial charge on any atom is 0.271 e. The zero-order valence-corrected chi connectivity index (χ0v) is 12.8. The molecule has 0 saturated heterocycles. The van der Waals surface area contributed by atoms with Gasteiger partial charge in [0, 0.05) is 32.3 Å². The number of rotatable bonds is 9. The van der Waals surface area contributed by atoms with Crippen LogP contribution in [0.25, 0.3) is 0 Å². The molecule has 0 fully saturated rings. The minimum absolute atomic E-state index is 0.0161. The summed E-state index contributed by atoms with van der Waals surface area (Å²) in [6.07, 6.45) is 0.763. The molecule has 9 heteroatoms. The van der Waals surface area contributed by atoms with E-state index in [-0.39, 0.29) is 29.4 Å². The van der Waals surface area contributed by atoms with Crippen LogP contribution in [0.1, 0.15) is 13.3 Å². The molecule has 2 N–H and O–H groups in total. The van der Waals surface area contributed by atoms with E-state index in [1.54, 1.807) is 0 Å². The lowest BCUT2D eigenvalue weighted by molar-refractivity contribution is -0.384. The highest BCUT2D eigenvalue weighted by Crippen LogP contribution is 2.26. The van der Waals surface area contributed by atoms with E-state index in [0.29, 0.717) is 6.54 Å². The van der Waals surface area contributed by atoms with Crippen molar-refractivity contribution in [2.24, 2.45) is 0 Å². The van der Waals surface area contributed by atoms with Crippen LogP contribution in [-0.2, 0) is 14.8 Å². The second-order valence-corrected chi connectivity index (χ2v) is 5.99. The molecular formula is C12H19N3O5S. The molecule has 0 spiro atoms. The number of nitro groups is 1. The van der Waals surface area contributed by atoms with Crippen molar-refractivity contribution in [3.63, 3.8) is 0 Å². The number of methoxy groups -OCH3 is 1. The molecule has 0 bridgehead atoms. The van der Waals surface area contributed by atoms with Crippen LogP contribution in [0.5, 0.6) is 0 Å². The van der Waals surface area contributed by atoms with E-state index in [1.807, 2.05) is 6.92 Å². The second-order valence-electron chi connectivity index (χ2n) is 4.25. The topological polar surface area (TPSA) is 111 Å². The maximum atomic E-state index is 12.2. The van der Waals surface area contributed by atoms with Crippen molar-refractivity contribution in [2.45, 2.75) is 18.2 Å². The summed E-state index contributed by atoms with van der Waals surface area (Å²) in [5, 5.41) is 13.7. The van der Waals surface area contributed by atoms with Gasteiger partial charge in [-0.25, -0.2) is 13.1 Å². The molecule has 0 unspecified atom stereocenters. The third kappa shape index (κ3) is 4.96. The van der Waals surface area contributed by atoms with Gasteiger partial charge in [-0.05, 0) is 12.5 Å². The first kappa shape index (κ1) is 17.3. The molecule has 0 saturated carbocycles. The SMILES string of the molecule is CCCNc1cc([N+](=O)[O-])ccc1S(=O)(=O)NCCOC. The highest BCUT2D eigenvalue weighted by molar-refractivity contribution is 7.89. The van der Waals surface area contributed by atoms with Crippen LogP contribution in [0.3, 0.4) is 0 Å². The average molecular weight is 317 g/mol. The summed E-state index contributed by atoms with van der Waals surface area (Å²) in [6, 6.07) is 3.62. The Balaban J connectivity index is 3.11. The highest BCUT2D eigenvalue weighted by atomic mass is 32.2. The highest BCUT2D eigenvalue weighted by Gasteiger charge is 2.20. The number of benzene rings is 1. The van der Waals surface area contributed by atoms with E-state index in [1.165, 1.54) is 25.3 Å². The van der Waals surface area contributed by atoms with Gasteiger partial charge in [0.15, 0.2) is 0 Å². The number of nitrogens with zero attached hydrogens (tertiary/aromatic N) is 1. The number of hydrogen-bond donors (Lipinski definition) is 2. The summed E-state index contributed by atoms with van der Waals surface area (Å²) in [5.41, 5.74) is 0.0559. The first-order valence-electron chi connectivity index (χ1n) is 6.43. The van der Waals surface area contributed by atoms with Crippen molar-refractivity contribution in [2.75, 3.05) is 32.1 Å². The van der Waals surface area contributed by atoms with Gasteiger partial charge in [0.2, 0.25) is 10.0 Å². The molecule has 0 radical (unpaired) electrons. The van der Waals surface area contributed by atoms with Crippen LogP contribution >= 0.6 is 0 Å². The molecule has 21 heavy (non-hydrogen) atoms. The van der Waals surface area contributed by atoms with Crippen LogP contribution in [0.4, 0.5) is 11.4 Å². The molecule has 118 valence electrons. The quantitative estimate of drug-likeness (QED) is 0.404. The van der Waals surface area contributed by atoms with Gasteiger partial charge in [0.05, 0.1) is 17.2 Å². The Morgan fingerprint density at radius 3 is 2.62 bits per heavy atom. The monoisotopic (exact) mass is 317 g/mol. The van der Waals surface area contributed by atoms with E-state index in [2.05, 4.69) is 10.0 Å². The Morgan fingerprint density at radius 2 is 2.05 bits per heavy atom. The predicted octanol–water partition coefficient (Wildman–Crippen LogP) is 1.34. The zero-order valence-electron chi connectivity index (χ0n) is 12.0. The maximum absolute atomic E-state index is 12.2. The van der Waals surface area contributed by atoms with E-state index in [9.17, 15) is 18.5 Å². The third-order valence-corrected chi connectivity index (χ3v) is 4.15. The van der Waals surface area contributed by atoms with Gasteiger partial charge in [0.1, 0.15) is 4.90 Å². The molecule has 0 aliphatic heterocycles. The van der Waals surface area contributed by atoms with E-state index in [0.717, 1.165) is 6.42 Å². The van der Waals surface area contributed by atoms with Gasteiger partial charge in [-0.3, -0.25) is 10.1 Å². The fourth-order valence-electron chi connectivity index (χ4n) is 1.62. The molecular weight excluding hydrogens is 298 g/mol. The molecule has 0 amide bonds. The lowest BCUT2D eigenvalue weighted by atomic mass is 10.2. The summed E-state index contributed by atoms with van der Waals surface area (Å²) < 4.78 is 31.6. The number of ether oxygens (including phenoxy) is 1. The van der Waals surface area contributed by atoms with Crippen molar-refractivity contribution in [3.8, 4) is 0 Å². The standard InChI is InChI=1S/C12H19N3O5S/c1-3-6-13-11-9-10(15(16)17)4-5-12(11)21(18,19)14-7-8-20-2/h4-5,9,13-14H,3,6-8H2,1-2H3. The Hall–Kier alpha value is -1.71. The first-order chi connectivity index (χ1) is 9.92. The summed E-state index contributed by atoms with van der Waals surface area (Å²) >= 11 is 0. The van der Waals surface area contributed by atoms with Gasteiger partial charge in [-0.15, -0.1) is 0 Å². The van der Waals surface area contributed by atoms with Crippen LogP contribution in [-0.4, -0.2) is 40.1 Å². The van der Waals surface area contributed by atoms with Crippen LogP contribution in [0.15, 0.2) is 23.1 Å². The van der Waals surface area contributed by atoms with Crippen molar-refractivity contribution in [1.82, 2.24) is 4.72 Å². The molecule has 8 nitrogen and oxygen atoms in total. The largest absolute Gasteiger partial charge is 0.384 e. The molecule has 0 heterocycles. The van der Waals surface area contributed by atoms with Gasteiger partial charge >= 0.3 is 0 Å². The number of nitro benzene ring substituents is 1. The summed E-state index contributed by atoms with van der Waals surface area (Å²) in [4.78, 5) is 10.2. The smallest absolute Gasteiger partial charge is 0.271 e. The first-order valence-corrected chi connectivity index (χ1v) is 7.91. The Morgan fingerprint density at radius 1 is 1.33 bits per heavy atom. The van der Waals surface area contributed by atoms with E-state index >= 15 is 0 Å². The Kier molecular flexibility index (Phi) is 6.53. The molecule has 1 aromatic carbocycles. The van der Waals surface area contributed by atoms with Crippen LogP contribution in [0, 0.1) is 10.1 Å². The fraction of sp³-hybridized carbons (Fsp3) is 0.500. The minimum atomic E-state index is -3.75. The summed E-state index contributed by atoms with van der Waals surface area (Å²) in [5.74, 6) is 0. The number of nitrogens with one attached hydrogen (secondary N) is 2. The second kappa shape index (κ2) is 7.91. The predicted molar refractivity (Wildman–Crippen MR) is 78.9 cm³/mol. The average Bonchev–Trinajstić information content (AvgIpc) is 2.44. The van der Waals surface area contributed by atoms with Gasteiger partial charge in [-0.2, -0.15) is 0 Å². The van der Waals surface area contributed by atoms with Crippen molar-refractivity contribution < 1.29 is 18.1 Å². The summed E-state index contributed by atoms with van der Waals surface area (Å²) in [6.45, 7) is 2.80. The fourth-order valence-corrected chi connectivity index (χ4v) is 2.79. The van der Waals surface area contributed by atoms with Crippen molar-refractivity contribution in [3.05, 3.63) is 28.3 Å². The number of anilines is 1. The molecule has 1 rings (SSSR count).